The summed E-state index contributed by atoms with van der Waals surface area (Å²) in [5, 5.41) is 3.17. The Labute approximate surface area is 88.4 Å². The molecule has 6 nitrogen and oxygen atoms in total. The highest BCUT2D eigenvalue weighted by atomic mass is 16.2. The van der Waals surface area contributed by atoms with Crippen molar-refractivity contribution < 1.29 is 9.59 Å². The topological polar surface area (TPSA) is 78.7 Å². The van der Waals surface area contributed by atoms with Gasteiger partial charge >= 0.3 is 6.03 Å². The van der Waals surface area contributed by atoms with Crippen molar-refractivity contribution in [1.29, 1.82) is 0 Å². The average molecular weight is 212 g/mol. The lowest BCUT2D eigenvalue weighted by atomic mass is 10.0. The zero-order valence-electron chi connectivity index (χ0n) is 8.61. The number of carbonyl (C=O) groups is 2. The fourth-order valence-corrected chi connectivity index (χ4v) is 1.95. The van der Waals surface area contributed by atoms with Crippen LogP contribution < -0.4 is 11.1 Å². The summed E-state index contributed by atoms with van der Waals surface area (Å²) in [5.74, 6) is -0.398. The predicted octanol–water partition coefficient (Wildman–Crippen LogP) is -1.43. The van der Waals surface area contributed by atoms with Gasteiger partial charge in [0.25, 0.3) is 0 Å². The third-order valence-electron chi connectivity index (χ3n) is 2.98. The monoisotopic (exact) mass is 212 g/mol. The van der Waals surface area contributed by atoms with Crippen LogP contribution in [0.25, 0.3) is 0 Å². The molecule has 2 fully saturated rings. The summed E-state index contributed by atoms with van der Waals surface area (Å²) in [6, 6.07) is -0.432. The number of nitrogens with one attached hydrogen (secondary N) is 1. The molecule has 2 aliphatic heterocycles. The van der Waals surface area contributed by atoms with E-state index in [2.05, 4.69) is 5.32 Å². The van der Waals surface area contributed by atoms with Crippen molar-refractivity contribution in [2.45, 2.75) is 12.5 Å². The Hall–Kier alpha value is -1.30. The molecule has 0 aromatic rings. The van der Waals surface area contributed by atoms with E-state index >= 15 is 0 Å². The van der Waals surface area contributed by atoms with Crippen molar-refractivity contribution in [3.63, 3.8) is 0 Å². The molecule has 3 amide bonds. The van der Waals surface area contributed by atoms with E-state index in [4.69, 9.17) is 5.73 Å². The molecule has 2 aliphatic rings. The summed E-state index contributed by atoms with van der Waals surface area (Å²) in [6.07, 6.45) is 0.702. The summed E-state index contributed by atoms with van der Waals surface area (Å²) < 4.78 is 0. The summed E-state index contributed by atoms with van der Waals surface area (Å²) in [4.78, 5) is 26.2. The number of primary amides is 1. The normalized spacial score (nSPS) is 26.0. The molecule has 84 valence electrons. The standard InChI is InChI=1S/C9H16N4O2/c10-8(14)7-1-4-13(7)9(15)12-5-2-11-3-6-12/h7,11H,1-6H2,(H2,10,14). The molecule has 0 aromatic heterocycles. The molecule has 1 unspecified atom stereocenters. The lowest BCUT2D eigenvalue weighted by Crippen LogP contribution is -2.62. The first kappa shape index (κ1) is 10.2. The van der Waals surface area contributed by atoms with Crippen LogP contribution in [-0.4, -0.2) is 60.5 Å². The zero-order chi connectivity index (χ0) is 10.8. The number of amides is 3. The van der Waals surface area contributed by atoms with Gasteiger partial charge < -0.3 is 20.9 Å². The molecule has 2 saturated heterocycles. The van der Waals surface area contributed by atoms with Gasteiger partial charge in [-0.15, -0.1) is 0 Å². The first-order valence-electron chi connectivity index (χ1n) is 5.26. The molecule has 3 N–H and O–H groups in total. The molecule has 1 atom stereocenters. The second-order valence-electron chi connectivity index (χ2n) is 3.92. The lowest BCUT2D eigenvalue weighted by Gasteiger charge is -2.42. The molecule has 0 spiro atoms. The van der Waals surface area contributed by atoms with Crippen molar-refractivity contribution >= 4 is 11.9 Å². The average Bonchev–Trinajstić information content (AvgIpc) is 2.16. The smallest absolute Gasteiger partial charge is 0.320 e. The van der Waals surface area contributed by atoms with Crippen molar-refractivity contribution in [2.75, 3.05) is 32.7 Å². The number of rotatable bonds is 1. The van der Waals surface area contributed by atoms with Crippen LogP contribution in [0.3, 0.4) is 0 Å². The molecule has 0 aliphatic carbocycles. The molecule has 0 aromatic carbocycles. The van der Waals surface area contributed by atoms with Crippen LogP contribution >= 0.6 is 0 Å². The first-order valence-corrected chi connectivity index (χ1v) is 5.26. The predicted molar refractivity (Wildman–Crippen MR) is 54.1 cm³/mol. The maximum atomic E-state index is 11.9. The molecule has 0 radical (unpaired) electrons. The van der Waals surface area contributed by atoms with Crippen LogP contribution in [-0.2, 0) is 4.79 Å². The first-order chi connectivity index (χ1) is 7.20. The Morgan fingerprint density at radius 2 is 1.87 bits per heavy atom. The van der Waals surface area contributed by atoms with Crippen LogP contribution in [0, 0.1) is 0 Å². The number of nitrogens with zero attached hydrogens (tertiary/aromatic N) is 2. The lowest BCUT2D eigenvalue weighted by molar-refractivity contribution is -0.125. The molecular formula is C9H16N4O2. The van der Waals surface area contributed by atoms with E-state index in [1.165, 1.54) is 0 Å². The van der Waals surface area contributed by atoms with Gasteiger partial charge in [-0.3, -0.25) is 4.79 Å². The third-order valence-corrected chi connectivity index (χ3v) is 2.98. The van der Waals surface area contributed by atoms with Crippen molar-refractivity contribution in [3.05, 3.63) is 0 Å². The van der Waals surface area contributed by atoms with Gasteiger partial charge in [0.2, 0.25) is 5.91 Å². The number of nitrogens with two attached hydrogens (primary N) is 1. The highest BCUT2D eigenvalue weighted by molar-refractivity contribution is 5.87. The second-order valence-corrected chi connectivity index (χ2v) is 3.92. The number of hydrogen-bond acceptors (Lipinski definition) is 3. The van der Waals surface area contributed by atoms with Gasteiger partial charge in [0.15, 0.2) is 0 Å². The van der Waals surface area contributed by atoms with Gasteiger partial charge in [0, 0.05) is 32.7 Å². The molecule has 2 heterocycles. The fourth-order valence-electron chi connectivity index (χ4n) is 1.95. The highest BCUT2D eigenvalue weighted by Crippen LogP contribution is 2.19. The Bertz CT molecular complexity index is 275. The minimum Gasteiger partial charge on any atom is -0.368 e. The Balaban J connectivity index is 1.92. The van der Waals surface area contributed by atoms with Crippen LogP contribution in [0.1, 0.15) is 6.42 Å². The highest BCUT2D eigenvalue weighted by Gasteiger charge is 2.38. The SMILES string of the molecule is NC(=O)C1CCN1C(=O)N1CCNCC1. The summed E-state index contributed by atoms with van der Waals surface area (Å²) in [6.45, 7) is 3.71. The van der Waals surface area contributed by atoms with Crippen LogP contribution in [0.5, 0.6) is 0 Å². The minimum atomic E-state index is -0.398. The van der Waals surface area contributed by atoms with Gasteiger partial charge in [-0.1, -0.05) is 0 Å². The summed E-state index contributed by atoms with van der Waals surface area (Å²) >= 11 is 0. The van der Waals surface area contributed by atoms with Gasteiger partial charge in [0.1, 0.15) is 6.04 Å². The Morgan fingerprint density at radius 1 is 1.20 bits per heavy atom. The largest absolute Gasteiger partial charge is 0.368 e. The maximum absolute atomic E-state index is 11.9. The van der Waals surface area contributed by atoms with Crippen LogP contribution in [0.15, 0.2) is 0 Å². The number of hydrogen-bond donors (Lipinski definition) is 2. The van der Waals surface area contributed by atoms with E-state index in [1.807, 2.05) is 0 Å². The Kier molecular flexibility index (Phi) is 2.77. The molecule has 0 bridgehead atoms. The molecule has 6 heteroatoms. The van der Waals surface area contributed by atoms with E-state index < -0.39 is 5.91 Å². The Morgan fingerprint density at radius 3 is 2.33 bits per heavy atom. The molecular weight excluding hydrogens is 196 g/mol. The van der Waals surface area contributed by atoms with Crippen molar-refractivity contribution in [3.8, 4) is 0 Å². The summed E-state index contributed by atoms with van der Waals surface area (Å²) in [5.41, 5.74) is 5.19. The number of urea groups is 1. The number of carbonyl (C=O) groups excluding carboxylic acids is 2. The molecule has 15 heavy (non-hydrogen) atoms. The van der Waals surface area contributed by atoms with E-state index in [0.717, 1.165) is 13.1 Å². The minimum absolute atomic E-state index is 0.0495. The van der Waals surface area contributed by atoms with Gasteiger partial charge in [-0.2, -0.15) is 0 Å². The number of likely N-dealkylation sites (tertiary alicyclic amines) is 1. The quantitative estimate of drug-likeness (QED) is 0.559. The van der Waals surface area contributed by atoms with Crippen molar-refractivity contribution in [1.82, 2.24) is 15.1 Å². The van der Waals surface area contributed by atoms with E-state index in [-0.39, 0.29) is 12.1 Å². The van der Waals surface area contributed by atoms with Crippen molar-refractivity contribution in [2.24, 2.45) is 5.73 Å². The van der Waals surface area contributed by atoms with Gasteiger partial charge in [0.05, 0.1) is 0 Å². The van der Waals surface area contributed by atoms with Crippen LogP contribution in [0.2, 0.25) is 0 Å². The van der Waals surface area contributed by atoms with Gasteiger partial charge in [-0.05, 0) is 6.42 Å². The van der Waals surface area contributed by atoms with E-state index in [9.17, 15) is 9.59 Å². The third kappa shape index (κ3) is 1.90. The molecule has 0 saturated carbocycles. The fraction of sp³-hybridized carbons (Fsp3) is 0.778. The van der Waals surface area contributed by atoms with E-state index in [0.29, 0.717) is 26.1 Å². The zero-order valence-corrected chi connectivity index (χ0v) is 8.61. The van der Waals surface area contributed by atoms with Crippen LogP contribution in [0.4, 0.5) is 4.79 Å². The second kappa shape index (κ2) is 4.06. The summed E-state index contributed by atoms with van der Waals surface area (Å²) in [7, 11) is 0. The maximum Gasteiger partial charge on any atom is 0.320 e. The molecule has 2 rings (SSSR count). The number of piperazine rings is 1. The van der Waals surface area contributed by atoms with Gasteiger partial charge in [-0.25, -0.2) is 4.79 Å². The van der Waals surface area contributed by atoms with E-state index in [1.54, 1.807) is 9.80 Å².